The summed E-state index contributed by atoms with van der Waals surface area (Å²) in [6.07, 6.45) is 0. The second-order valence-corrected chi connectivity index (χ2v) is 4.29. The first-order valence-electron chi connectivity index (χ1n) is 6.36. The van der Waals surface area contributed by atoms with Gasteiger partial charge in [0.05, 0.1) is 0 Å². The average molecular weight is 303 g/mol. The fraction of sp³-hybridized carbons (Fsp3) is 0.133. The number of nitrogens with zero attached hydrogens (tertiary/aromatic N) is 1. The molecule has 2 aromatic rings. The molecular weight excluding hydrogens is 290 g/mol. The molecule has 0 aliphatic rings. The van der Waals surface area contributed by atoms with Crippen LogP contribution in [0.15, 0.2) is 48.5 Å². The molecule has 0 saturated heterocycles. The van der Waals surface area contributed by atoms with E-state index in [0.29, 0.717) is 22.8 Å². The third-order valence-electron chi connectivity index (χ3n) is 2.57. The lowest BCUT2D eigenvalue weighted by atomic mass is 10.2. The van der Waals surface area contributed by atoms with E-state index in [1.807, 2.05) is 0 Å². The first-order valence-corrected chi connectivity index (χ1v) is 6.36. The van der Waals surface area contributed by atoms with Crippen molar-refractivity contribution >= 4 is 5.97 Å². The average Bonchev–Trinajstić information content (AvgIpc) is 2.47. The highest BCUT2D eigenvalue weighted by atomic mass is 16.9. The summed E-state index contributed by atoms with van der Waals surface area (Å²) in [6, 6.07) is 13.4. The van der Waals surface area contributed by atoms with Gasteiger partial charge in [0, 0.05) is 6.92 Å². The van der Waals surface area contributed by atoms with Gasteiger partial charge in [-0.3, -0.25) is 4.79 Å². The Balaban J connectivity index is 2.15. The van der Waals surface area contributed by atoms with Crippen LogP contribution in [-0.4, -0.2) is 11.1 Å². The molecule has 2 aromatic carbocycles. The lowest BCUT2D eigenvalue weighted by Gasteiger charge is -2.11. The predicted molar refractivity (Wildman–Crippen MR) is 76.1 cm³/mol. The predicted octanol–water partition coefficient (Wildman–Crippen LogP) is 3.11. The van der Waals surface area contributed by atoms with Gasteiger partial charge in [0.1, 0.15) is 12.4 Å². The highest BCUT2D eigenvalue weighted by Crippen LogP contribution is 2.31. The minimum absolute atomic E-state index is 0.171. The van der Waals surface area contributed by atoms with E-state index in [1.165, 1.54) is 6.92 Å². The van der Waals surface area contributed by atoms with Gasteiger partial charge in [-0.1, -0.05) is 24.3 Å². The Morgan fingerprint density at radius 1 is 1.14 bits per heavy atom. The minimum atomic E-state index is -0.858. The fourth-order valence-electron chi connectivity index (χ4n) is 1.73. The molecule has 0 spiro atoms. The number of carbonyl (C=O) groups is 1. The van der Waals surface area contributed by atoms with Crippen LogP contribution in [-0.2, 0) is 16.2 Å². The zero-order chi connectivity index (χ0) is 15.9. The highest BCUT2D eigenvalue weighted by molar-refractivity contribution is 5.70. The Kier molecular flexibility index (Phi) is 4.92. The Hall–Kier alpha value is -3.09. The summed E-state index contributed by atoms with van der Waals surface area (Å²) < 4.78 is 10.7. The SMILES string of the molecule is CC(=O)Oc1ccccc1Oc1cccc(CO[N+](=O)[O-])c1. The smallest absolute Gasteiger partial charge is 0.308 e. The summed E-state index contributed by atoms with van der Waals surface area (Å²) in [6.45, 7) is 1.13. The molecule has 7 nitrogen and oxygen atoms in total. The molecule has 7 heteroatoms. The normalized spacial score (nSPS) is 9.86. The van der Waals surface area contributed by atoms with E-state index in [4.69, 9.17) is 9.47 Å². The van der Waals surface area contributed by atoms with Gasteiger partial charge in [-0.2, -0.15) is 0 Å². The van der Waals surface area contributed by atoms with Crippen molar-refractivity contribution in [3.05, 3.63) is 64.2 Å². The van der Waals surface area contributed by atoms with E-state index in [9.17, 15) is 14.9 Å². The first-order chi connectivity index (χ1) is 10.5. The van der Waals surface area contributed by atoms with Crippen molar-refractivity contribution in [2.24, 2.45) is 0 Å². The monoisotopic (exact) mass is 303 g/mol. The highest BCUT2D eigenvalue weighted by Gasteiger charge is 2.08. The van der Waals surface area contributed by atoms with Crippen molar-refractivity contribution in [2.75, 3.05) is 0 Å². The maximum atomic E-state index is 11.1. The quantitative estimate of drug-likeness (QED) is 0.352. The van der Waals surface area contributed by atoms with Crippen molar-refractivity contribution in [1.29, 1.82) is 0 Å². The number of para-hydroxylation sites is 2. The number of carbonyl (C=O) groups excluding carboxylic acids is 1. The minimum Gasteiger partial charge on any atom is -0.453 e. The summed E-state index contributed by atoms with van der Waals surface area (Å²) >= 11 is 0. The summed E-state index contributed by atoms with van der Waals surface area (Å²) in [7, 11) is 0. The number of rotatable bonds is 6. The third kappa shape index (κ3) is 4.48. The van der Waals surface area contributed by atoms with Crippen molar-refractivity contribution in [1.82, 2.24) is 0 Å². The fourth-order valence-corrected chi connectivity index (χ4v) is 1.73. The molecule has 0 atom stereocenters. The van der Waals surface area contributed by atoms with Gasteiger partial charge in [-0.25, -0.2) is 0 Å². The standard InChI is InChI=1S/C15H13NO6/c1-11(17)21-14-7-2-3-8-15(14)22-13-6-4-5-12(9-13)10-20-16(18)19/h2-9H,10H2,1H3. The van der Waals surface area contributed by atoms with Gasteiger partial charge in [0.2, 0.25) is 0 Å². The van der Waals surface area contributed by atoms with E-state index in [0.717, 1.165) is 0 Å². The summed E-state index contributed by atoms with van der Waals surface area (Å²) in [5.74, 6) is 0.653. The maximum absolute atomic E-state index is 11.1. The van der Waals surface area contributed by atoms with Crippen LogP contribution in [0, 0.1) is 10.1 Å². The maximum Gasteiger partial charge on any atom is 0.308 e. The molecule has 0 aromatic heterocycles. The van der Waals surface area contributed by atoms with Crippen molar-refractivity contribution < 1.29 is 24.2 Å². The zero-order valence-corrected chi connectivity index (χ0v) is 11.7. The lowest BCUT2D eigenvalue weighted by molar-refractivity contribution is -0.763. The number of ether oxygens (including phenoxy) is 2. The Morgan fingerprint density at radius 3 is 2.55 bits per heavy atom. The van der Waals surface area contributed by atoms with E-state index < -0.39 is 11.1 Å². The molecule has 0 bridgehead atoms. The lowest BCUT2D eigenvalue weighted by Crippen LogP contribution is -2.03. The summed E-state index contributed by atoms with van der Waals surface area (Å²) in [4.78, 5) is 25.6. The van der Waals surface area contributed by atoms with Crippen LogP contribution in [0.3, 0.4) is 0 Å². The summed E-state index contributed by atoms with van der Waals surface area (Å²) in [5.41, 5.74) is 0.583. The molecule has 0 heterocycles. The molecule has 0 radical (unpaired) electrons. The molecule has 0 unspecified atom stereocenters. The van der Waals surface area contributed by atoms with Gasteiger partial charge >= 0.3 is 5.97 Å². The molecule has 0 aliphatic carbocycles. The number of benzene rings is 2. The van der Waals surface area contributed by atoms with E-state index in [-0.39, 0.29) is 6.61 Å². The number of hydrogen-bond acceptors (Lipinski definition) is 6. The largest absolute Gasteiger partial charge is 0.453 e. The third-order valence-corrected chi connectivity index (χ3v) is 2.57. The van der Waals surface area contributed by atoms with Gasteiger partial charge in [0.25, 0.3) is 5.09 Å². The molecule has 2 rings (SSSR count). The van der Waals surface area contributed by atoms with Crippen LogP contribution in [0.25, 0.3) is 0 Å². The Bertz CT molecular complexity index is 685. The van der Waals surface area contributed by atoms with E-state index in [2.05, 4.69) is 4.84 Å². The van der Waals surface area contributed by atoms with Crippen molar-refractivity contribution in [2.45, 2.75) is 13.5 Å². The topological polar surface area (TPSA) is 87.9 Å². The molecule has 0 saturated carbocycles. The molecule has 0 fully saturated rings. The Labute approximate surface area is 126 Å². The Morgan fingerprint density at radius 2 is 1.86 bits per heavy atom. The van der Waals surface area contributed by atoms with Gasteiger partial charge in [-0.05, 0) is 29.8 Å². The number of esters is 1. The molecule has 0 aliphatic heterocycles. The molecule has 22 heavy (non-hydrogen) atoms. The summed E-state index contributed by atoms with van der Waals surface area (Å²) in [5, 5.41) is 9.34. The van der Waals surface area contributed by atoms with Crippen LogP contribution in [0.2, 0.25) is 0 Å². The van der Waals surface area contributed by atoms with Gasteiger partial charge < -0.3 is 14.3 Å². The van der Waals surface area contributed by atoms with E-state index in [1.54, 1.807) is 48.5 Å². The second-order valence-electron chi connectivity index (χ2n) is 4.29. The molecule has 0 amide bonds. The van der Waals surface area contributed by atoms with Gasteiger partial charge in [-0.15, -0.1) is 10.1 Å². The van der Waals surface area contributed by atoms with Crippen LogP contribution >= 0.6 is 0 Å². The van der Waals surface area contributed by atoms with Crippen LogP contribution in [0.4, 0.5) is 0 Å². The zero-order valence-electron chi connectivity index (χ0n) is 11.7. The van der Waals surface area contributed by atoms with Crippen molar-refractivity contribution in [3.63, 3.8) is 0 Å². The van der Waals surface area contributed by atoms with Gasteiger partial charge in [0.15, 0.2) is 11.5 Å². The van der Waals surface area contributed by atoms with E-state index >= 15 is 0 Å². The number of hydrogen-bond donors (Lipinski definition) is 0. The molecular formula is C15H13NO6. The second kappa shape index (κ2) is 7.07. The van der Waals surface area contributed by atoms with Crippen LogP contribution in [0.1, 0.15) is 12.5 Å². The van der Waals surface area contributed by atoms with Crippen molar-refractivity contribution in [3.8, 4) is 17.2 Å². The molecule has 0 N–H and O–H groups in total. The van der Waals surface area contributed by atoms with Crippen LogP contribution in [0.5, 0.6) is 17.2 Å². The first kappa shape index (κ1) is 15.3. The molecule has 114 valence electrons. The van der Waals surface area contributed by atoms with Crippen LogP contribution < -0.4 is 9.47 Å².